The molecule has 1 heterocycles. The Labute approximate surface area is 115 Å². The molecule has 0 aliphatic rings. The standard InChI is InChI=1S/C14H15N3O3/c1-9(6-7-13(18)19)16-14(20)12-8-15-10-4-2-3-5-11(10)17-12/h2-5,8-9H,6-7H2,1H3,(H,16,20)(H,18,19). The Morgan fingerprint density at radius 2 is 2.00 bits per heavy atom. The fourth-order valence-corrected chi connectivity index (χ4v) is 1.78. The van der Waals surface area contributed by atoms with Gasteiger partial charge in [-0.05, 0) is 25.5 Å². The van der Waals surface area contributed by atoms with Crippen LogP contribution in [0.1, 0.15) is 30.3 Å². The molecule has 2 rings (SSSR count). The number of aromatic nitrogens is 2. The van der Waals surface area contributed by atoms with Crippen molar-refractivity contribution in [2.24, 2.45) is 0 Å². The highest BCUT2D eigenvalue weighted by molar-refractivity contribution is 5.93. The molecule has 2 aromatic rings. The minimum atomic E-state index is -0.878. The first-order chi connectivity index (χ1) is 9.56. The highest BCUT2D eigenvalue weighted by Crippen LogP contribution is 2.08. The maximum absolute atomic E-state index is 12.0. The molecule has 0 radical (unpaired) electrons. The van der Waals surface area contributed by atoms with E-state index < -0.39 is 5.97 Å². The van der Waals surface area contributed by atoms with E-state index >= 15 is 0 Å². The average Bonchev–Trinajstić information content (AvgIpc) is 2.44. The zero-order valence-corrected chi connectivity index (χ0v) is 11.0. The molecule has 0 saturated carbocycles. The largest absolute Gasteiger partial charge is 0.481 e. The van der Waals surface area contributed by atoms with Gasteiger partial charge in [-0.2, -0.15) is 0 Å². The molecule has 6 heteroatoms. The Morgan fingerprint density at radius 3 is 2.70 bits per heavy atom. The lowest BCUT2D eigenvalue weighted by Gasteiger charge is -2.12. The minimum Gasteiger partial charge on any atom is -0.481 e. The molecule has 6 nitrogen and oxygen atoms in total. The lowest BCUT2D eigenvalue weighted by molar-refractivity contribution is -0.137. The molecule has 0 aliphatic heterocycles. The van der Waals surface area contributed by atoms with Crippen molar-refractivity contribution in [2.75, 3.05) is 0 Å². The highest BCUT2D eigenvalue weighted by atomic mass is 16.4. The number of rotatable bonds is 5. The SMILES string of the molecule is CC(CCC(=O)O)NC(=O)c1cnc2ccccc2n1. The maximum Gasteiger partial charge on any atom is 0.303 e. The summed E-state index contributed by atoms with van der Waals surface area (Å²) in [6.07, 6.45) is 1.81. The predicted molar refractivity (Wildman–Crippen MR) is 73.3 cm³/mol. The lowest BCUT2D eigenvalue weighted by Crippen LogP contribution is -2.33. The molecule has 1 unspecified atom stereocenters. The Balaban J connectivity index is 2.05. The van der Waals surface area contributed by atoms with Gasteiger partial charge >= 0.3 is 5.97 Å². The first-order valence-corrected chi connectivity index (χ1v) is 6.30. The number of benzene rings is 1. The Morgan fingerprint density at radius 1 is 1.30 bits per heavy atom. The summed E-state index contributed by atoms with van der Waals surface area (Å²) >= 11 is 0. The van der Waals surface area contributed by atoms with Gasteiger partial charge in [0.25, 0.3) is 5.91 Å². The Kier molecular flexibility index (Phi) is 4.24. The summed E-state index contributed by atoms with van der Waals surface area (Å²) in [5.74, 6) is -1.22. The van der Waals surface area contributed by atoms with Gasteiger partial charge in [-0.25, -0.2) is 4.98 Å². The number of para-hydroxylation sites is 2. The van der Waals surface area contributed by atoms with E-state index in [1.807, 2.05) is 18.2 Å². The van der Waals surface area contributed by atoms with Crippen molar-refractivity contribution < 1.29 is 14.7 Å². The average molecular weight is 273 g/mol. The molecule has 1 aromatic carbocycles. The molecular formula is C14H15N3O3. The number of hydrogen-bond acceptors (Lipinski definition) is 4. The van der Waals surface area contributed by atoms with Crippen LogP contribution < -0.4 is 5.32 Å². The quantitative estimate of drug-likeness (QED) is 0.863. The van der Waals surface area contributed by atoms with Gasteiger partial charge in [0.1, 0.15) is 5.69 Å². The summed E-state index contributed by atoms with van der Waals surface area (Å²) in [4.78, 5) is 30.9. The lowest BCUT2D eigenvalue weighted by atomic mass is 10.2. The number of carbonyl (C=O) groups excluding carboxylic acids is 1. The van der Waals surface area contributed by atoms with Gasteiger partial charge in [-0.1, -0.05) is 12.1 Å². The molecular weight excluding hydrogens is 258 g/mol. The number of nitrogens with zero attached hydrogens (tertiary/aromatic N) is 2. The van der Waals surface area contributed by atoms with Crippen molar-refractivity contribution in [3.63, 3.8) is 0 Å². The number of aliphatic carboxylic acids is 1. The van der Waals surface area contributed by atoms with Crippen molar-refractivity contribution in [1.29, 1.82) is 0 Å². The van der Waals surface area contributed by atoms with E-state index in [2.05, 4.69) is 15.3 Å². The van der Waals surface area contributed by atoms with E-state index in [9.17, 15) is 9.59 Å². The Hall–Kier alpha value is -2.50. The molecule has 0 spiro atoms. The van der Waals surface area contributed by atoms with Gasteiger partial charge in [-0.15, -0.1) is 0 Å². The number of fused-ring (bicyclic) bond motifs is 1. The topological polar surface area (TPSA) is 92.2 Å². The third kappa shape index (κ3) is 3.50. The van der Waals surface area contributed by atoms with Gasteiger partial charge in [0.15, 0.2) is 0 Å². The maximum atomic E-state index is 12.0. The van der Waals surface area contributed by atoms with Crippen LogP contribution in [0, 0.1) is 0 Å². The van der Waals surface area contributed by atoms with Crippen LogP contribution in [0.4, 0.5) is 0 Å². The molecule has 2 N–H and O–H groups in total. The first-order valence-electron chi connectivity index (χ1n) is 6.30. The number of carbonyl (C=O) groups is 2. The van der Waals surface area contributed by atoms with E-state index in [0.29, 0.717) is 11.9 Å². The van der Waals surface area contributed by atoms with Crippen LogP contribution >= 0.6 is 0 Å². The second kappa shape index (κ2) is 6.10. The minimum absolute atomic E-state index is 0.0187. The third-order valence-electron chi connectivity index (χ3n) is 2.85. The van der Waals surface area contributed by atoms with Crippen molar-refractivity contribution in [1.82, 2.24) is 15.3 Å². The molecule has 0 bridgehead atoms. The molecule has 0 saturated heterocycles. The van der Waals surface area contributed by atoms with E-state index in [-0.39, 0.29) is 24.1 Å². The zero-order chi connectivity index (χ0) is 14.5. The summed E-state index contributed by atoms with van der Waals surface area (Å²) < 4.78 is 0. The summed E-state index contributed by atoms with van der Waals surface area (Å²) in [6.45, 7) is 1.76. The Bertz CT molecular complexity index is 642. The van der Waals surface area contributed by atoms with Gasteiger partial charge in [0.05, 0.1) is 17.2 Å². The molecule has 1 aromatic heterocycles. The summed E-state index contributed by atoms with van der Waals surface area (Å²) in [7, 11) is 0. The van der Waals surface area contributed by atoms with Crippen LogP contribution in [0.2, 0.25) is 0 Å². The van der Waals surface area contributed by atoms with E-state index in [0.717, 1.165) is 5.52 Å². The molecule has 1 atom stereocenters. The number of nitrogens with one attached hydrogen (secondary N) is 1. The van der Waals surface area contributed by atoms with Gasteiger partial charge in [0.2, 0.25) is 0 Å². The van der Waals surface area contributed by atoms with Crippen molar-refractivity contribution in [2.45, 2.75) is 25.8 Å². The molecule has 1 amide bonds. The van der Waals surface area contributed by atoms with E-state index in [1.54, 1.807) is 13.0 Å². The highest BCUT2D eigenvalue weighted by Gasteiger charge is 2.13. The fourth-order valence-electron chi connectivity index (χ4n) is 1.78. The van der Waals surface area contributed by atoms with Crippen LogP contribution in [0.5, 0.6) is 0 Å². The zero-order valence-electron chi connectivity index (χ0n) is 11.0. The molecule has 0 aliphatic carbocycles. The molecule has 104 valence electrons. The van der Waals surface area contributed by atoms with Crippen molar-refractivity contribution >= 4 is 22.9 Å². The van der Waals surface area contributed by atoms with Gasteiger partial charge < -0.3 is 10.4 Å². The van der Waals surface area contributed by atoms with Gasteiger partial charge in [0, 0.05) is 12.5 Å². The van der Waals surface area contributed by atoms with Crippen molar-refractivity contribution in [3.8, 4) is 0 Å². The van der Waals surface area contributed by atoms with Crippen LogP contribution in [0.25, 0.3) is 11.0 Å². The van der Waals surface area contributed by atoms with Crippen LogP contribution in [0.3, 0.4) is 0 Å². The monoisotopic (exact) mass is 273 g/mol. The van der Waals surface area contributed by atoms with Crippen molar-refractivity contribution in [3.05, 3.63) is 36.2 Å². The van der Waals surface area contributed by atoms with E-state index in [1.165, 1.54) is 6.20 Å². The number of carboxylic acids is 1. The smallest absolute Gasteiger partial charge is 0.303 e. The third-order valence-corrected chi connectivity index (χ3v) is 2.85. The summed E-state index contributed by atoms with van der Waals surface area (Å²) in [5.41, 5.74) is 1.60. The van der Waals surface area contributed by atoms with Crippen LogP contribution in [-0.2, 0) is 4.79 Å². The molecule has 20 heavy (non-hydrogen) atoms. The first kappa shape index (κ1) is 13.9. The second-order valence-corrected chi connectivity index (χ2v) is 4.55. The van der Waals surface area contributed by atoms with Crippen LogP contribution in [0.15, 0.2) is 30.5 Å². The number of amides is 1. The molecule has 0 fully saturated rings. The van der Waals surface area contributed by atoms with Gasteiger partial charge in [-0.3, -0.25) is 14.6 Å². The number of hydrogen-bond donors (Lipinski definition) is 2. The normalized spacial score (nSPS) is 12.1. The summed E-state index contributed by atoms with van der Waals surface area (Å²) in [5, 5.41) is 11.3. The van der Waals surface area contributed by atoms with E-state index in [4.69, 9.17) is 5.11 Å². The fraction of sp³-hybridized carbons (Fsp3) is 0.286. The number of carboxylic acid groups (broad SMARTS) is 1. The summed E-state index contributed by atoms with van der Waals surface area (Å²) in [6, 6.07) is 7.05. The second-order valence-electron chi connectivity index (χ2n) is 4.55. The van der Waals surface area contributed by atoms with Crippen LogP contribution in [-0.4, -0.2) is 33.0 Å². The predicted octanol–water partition coefficient (Wildman–Crippen LogP) is 1.61.